The average molecular weight is 257 g/mol. The van der Waals surface area contributed by atoms with Crippen LogP contribution in [-0.2, 0) is 6.54 Å². The van der Waals surface area contributed by atoms with Crippen LogP contribution in [0.4, 0.5) is 11.5 Å². The summed E-state index contributed by atoms with van der Waals surface area (Å²) in [5.74, 6) is 1.44. The number of pyridine rings is 1. The molecule has 1 aromatic carbocycles. The van der Waals surface area contributed by atoms with Gasteiger partial charge in [-0.1, -0.05) is 6.07 Å². The Balaban J connectivity index is 2.17. The lowest BCUT2D eigenvalue weighted by Crippen LogP contribution is -2.05. The maximum absolute atomic E-state index is 5.80. The van der Waals surface area contributed by atoms with Gasteiger partial charge in [-0.2, -0.15) is 0 Å². The smallest absolute Gasteiger partial charge is 0.146 e. The standard InChI is InChI=1S/C15H19N3O/c1-10-11(2)14(19-3)7-6-12(10)9-18-13-5-4-8-17-15(13)16/h4-8,18H,9H2,1-3H3,(H2,16,17). The average Bonchev–Trinajstić information content (AvgIpc) is 2.42. The summed E-state index contributed by atoms with van der Waals surface area (Å²) in [6.07, 6.45) is 1.68. The largest absolute Gasteiger partial charge is 0.496 e. The van der Waals surface area contributed by atoms with Gasteiger partial charge in [-0.15, -0.1) is 0 Å². The number of ether oxygens (including phenoxy) is 1. The van der Waals surface area contributed by atoms with E-state index in [1.54, 1.807) is 13.3 Å². The van der Waals surface area contributed by atoms with Crippen molar-refractivity contribution in [2.75, 3.05) is 18.2 Å². The highest BCUT2D eigenvalue weighted by molar-refractivity contribution is 5.61. The zero-order valence-corrected chi connectivity index (χ0v) is 11.5. The highest BCUT2D eigenvalue weighted by Crippen LogP contribution is 2.25. The number of hydrogen-bond donors (Lipinski definition) is 2. The summed E-state index contributed by atoms with van der Waals surface area (Å²) in [5.41, 5.74) is 10.3. The lowest BCUT2D eigenvalue weighted by molar-refractivity contribution is 0.411. The first-order valence-electron chi connectivity index (χ1n) is 6.21. The Labute approximate surface area is 113 Å². The van der Waals surface area contributed by atoms with Gasteiger partial charge in [0.1, 0.15) is 11.6 Å². The molecule has 1 aromatic heterocycles. The van der Waals surface area contributed by atoms with Crippen molar-refractivity contribution in [3.8, 4) is 5.75 Å². The van der Waals surface area contributed by atoms with E-state index in [1.807, 2.05) is 18.2 Å². The summed E-state index contributed by atoms with van der Waals surface area (Å²) in [6, 6.07) is 7.85. The second-order valence-electron chi connectivity index (χ2n) is 4.47. The highest BCUT2D eigenvalue weighted by Gasteiger charge is 2.07. The van der Waals surface area contributed by atoms with E-state index >= 15 is 0 Å². The summed E-state index contributed by atoms with van der Waals surface area (Å²) in [5, 5.41) is 3.31. The first-order chi connectivity index (χ1) is 9.13. The van der Waals surface area contributed by atoms with Gasteiger partial charge in [0.15, 0.2) is 0 Å². The molecule has 4 nitrogen and oxygen atoms in total. The monoisotopic (exact) mass is 257 g/mol. The molecule has 0 aliphatic rings. The van der Waals surface area contributed by atoms with Crippen molar-refractivity contribution in [1.82, 2.24) is 4.98 Å². The predicted molar refractivity (Wildman–Crippen MR) is 78.4 cm³/mol. The molecule has 4 heteroatoms. The number of nitrogens with one attached hydrogen (secondary N) is 1. The number of nitrogens with zero attached hydrogens (tertiary/aromatic N) is 1. The van der Waals surface area contributed by atoms with Crippen molar-refractivity contribution in [1.29, 1.82) is 0 Å². The van der Waals surface area contributed by atoms with Crippen LogP contribution in [0.2, 0.25) is 0 Å². The minimum atomic E-state index is 0.519. The van der Waals surface area contributed by atoms with Gasteiger partial charge in [0, 0.05) is 12.7 Å². The summed E-state index contributed by atoms with van der Waals surface area (Å²) < 4.78 is 5.31. The normalized spacial score (nSPS) is 10.3. The Bertz CT molecular complexity index is 582. The third-order valence-corrected chi connectivity index (χ3v) is 3.38. The number of hydrogen-bond acceptors (Lipinski definition) is 4. The number of anilines is 2. The number of rotatable bonds is 4. The van der Waals surface area contributed by atoms with Crippen LogP contribution < -0.4 is 15.8 Å². The molecule has 0 fully saturated rings. The van der Waals surface area contributed by atoms with Crippen LogP contribution in [0.3, 0.4) is 0 Å². The van der Waals surface area contributed by atoms with Crippen LogP contribution in [0.1, 0.15) is 16.7 Å². The van der Waals surface area contributed by atoms with Crippen molar-refractivity contribution in [3.63, 3.8) is 0 Å². The molecule has 100 valence electrons. The van der Waals surface area contributed by atoms with Crippen molar-refractivity contribution < 1.29 is 4.74 Å². The molecule has 0 spiro atoms. The topological polar surface area (TPSA) is 60.2 Å². The molecule has 0 saturated heterocycles. The molecule has 1 heterocycles. The van der Waals surface area contributed by atoms with Crippen LogP contribution in [-0.4, -0.2) is 12.1 Å². The molecule has 0 aliphatic carbocycles. The van der Waals surface area contributed by atoms with E-state index < -0.39 is 0 Å². The fourth-order valence-electron chi connectivity index (χ4n) is 2.02. The molecule has 19 heavy (non-hydrogen) atoms. The second-order valence-corrected chi connectivity index (χ2v) is 4.47. The molecule has 0 radical (unpaired) electrons. The van der Waals surface area contributed by atoms with Gasteiger partial charge in [-0.25, -0.2) is 4.98 Å². The van der Waals surface area contributed by atoms with Crippen molar-refractivity contribution in [2.45, 2.75) is 20.4 Å². The van der Waals surface area contributed by atoms with Crippen molar-refractivity contribution >= 4 is 11.5 Å². The van der Waals surface area contributed by atoms with E-state index in [-0.39, 0.29) is 0 Å². The highest BCUT2D eigenvalue weighted by atomic mass is 16.5. The molecule has 0 bridgehead atoms. The van der Waals surface area contributed by atoms with Crippen LogP contribution in [0.5, 0.6) is 5.75 Å². The van der Waals surface area contributed by atoms with Gasteiger partial charge in [-0.3, -0.25) is 0 Å². The summed E-state index contributed by atoms with van der Waals surface area (Å²) in [6.45, 7) is 4.88. The molecule has 2 rings (SSSR count). The lowest BCUT2D eigenvalue weighted by atomic mass is 10.0. The van der Waals surface area contributed by atoms with Crippen LogP contribution in [0.25, 0.3) is 0 Å². The molecule has 0 amide bonds. The van der Waals surface area contributed by atoms with Crippen LogP contribution in [0.15, 0.2) is 30.5 Å². The third-order valence-electron chi connectivity index (χ3n) is 3.38. The van der Waals surface area contributed by atoms with Gasteiger partial charge in [0.05, 0.1) is 12.8 Å². The fourth-order valence-corrected chi connectivity index (χ4v) is 2.02. The van der Waals surface area contributed by atoms with Crippen molar-refractivity contribution in [3.05, 3.63) is 47.2 Å². The Kier molecular flexibility index (Phi) is 3.90. The minimum absolute atomic E-state index is 0.519. The molecule has 0 atom stereocenters. The summed E-state index contributed by atoms with van der Waals surface area (Å²) in [4.78, 5) is 4.05. The van der Waals surface area contributed by atoms with Gasteiger partial charge in [0.25, 0.3) is 0 Å². The molecular formula is C15H19N3O. The zero-order valence-electron chi connectivity index (χ0n) is 11.5. The zero-order chi connectivity index (χ0) is 13.8. The quantitative estimate of drug-likeness (QED) is 0.884. The number of nitrogens with two attached hydrogens (primary N) is 1. The number of nitrogen functional groups attached to an aromatic ring is 1. The van der Waals surface area contributed by atoms with Crippen LogP contribution in [0, 0.1) is 13.8 Å². The van der Waals surface area contributed by atoms with Crippen LogP contribution >= 0.6 is 0 Å². The van der Waals surface area contributed by atoms with Gasteiger partial charge in [0.2, 0.25) is 0 Å². The Hall–Kier alpha value is -2.23. The SMILES string of the molecule is COc1ccc(CNc2cccnc2N)c(C)c1C. The second kappa shape index (κ2) is 5.61. The van der Waals surface area contributed by atoms with E-state index in [9.17, 15) is 0 Å². The van der Waals surface area contributed by atoms with Crippen molar-refractivity contribution in [2.24, 2.45) is 0 Å². The Morgan fingerprint density at radius 2 is 2.00 bits per heavy atom. The molecule has 0 aliphatic heterocycles. The van der Waals surface area contributed by atoms with E-state index in [4.69, 9.17) is 10.5 Å². The van der Waals surface area contributed by atoms with E-state index in [0.29, 0.717) is 12.4 Å². The molecule has 0 unspecified atom stereocenters. The number of aromatic nitrogens is 1. The summed E-state index contributed by atoms with van der Waals surface area (Å²) in [7, 11) is 1.69. The third kappa shape index (κ3) is 2.78. The van der Waals surface area contributed by atoms with E-state index in [1.165, 1.54) is 16.7 Å². The first-order valence-corrected chi connectivity index (χ1v) is 6.21. The summed E-state index contributed by atoms with van der Waals surface area (Å²) >= 11 is 0. The molecule has 2 aromatic rings. The number of methoxy groups -OCH3 is 1. The van der Waals surface area contributed by atoms with Gasteiger partial charge in [-0.05, 0) is 48.7 Å². The lowest BCUT2D eigenvalue weighted by Gasteiger charge is -2.14. The first kappa shape index (κ1) is 13.2. The van der Waals surface area contributed by atoms with Gasteiger partial charge < -0.3 is 15.8 Å². The molecular weight excluding hydrogens is 238 g/mol. The fraction of sp³-hybridized carbons (Fsp3) is 0.267. The van der Waals surface area contributed by atoms with E-state index in [2.05, 4.69) is 30.2 Å². The molecule has 0 saturated carbocycles. The maximum atomic E-state index is 5.80. The Morgan fingerprint density at radius 1 is 1.21 bits per heavy atom. The maximum Gasteiger partial charge on any atom is 0.146 e. The Morgan fingerprint density at radius 3 is 2.68 bits per heavy atom. The minimum Gasteiger partial charge on any atom is -0.496 e. The van der Waals surface area contributed by atoms with Gasteiger partial charge >= 0.3 is 0 Å². The number of benzene rings is 1. The predicted octanol–water partition coefficient (Wildman–Crippen LogP) is 2.90. The molecule has 3 N–H and O–H groups in total. The van der Waals surface area contributed by atoms with E-state index in [0.717, 1.165) is 11.4 Å².